The van der Waals surface area contributed by atoms with Crippen LogP contribution in [0, 0.1) is 0 Å². The molecule has 1 amide bonds. The van der Waals surface area contributed by atoms with Gasteiger partial charge in [0.25, 0.3) is 5.56 Å². The maximum Gasteiger partial charge on any atom is 0.258 e. The number of benzene rings is 1. The number of allylic oxidation sites excluding steroid dienone is 1. The number of nitrogens with zero attached hydrogens (tertiary/aromatic N) is 3. The second kappa shape index (κ2) is 7.49. The summed E-state index contributed by atoms with van der Waals surface area (Å²) in [7, 11) is 0. The highest BCUT2D eigenvalue weighted by Gasteiger charge is 2.12. The minimum absolute atomic E-state index is 0.0307. The fourth-order valence-corrected chi connectivity index (χ4v) is 3.78. The molecule has 0 aliphatic rings. The van der Waals surface area contributed by atoms with Crippen molar-refractivity contribution in [2.45, 2.75) is 11.7 Å². The van der Waals surface area contributed by atoms with E-state index in [9.17, 15) is 14.7 Å². The number of carbonyl (C=O) groups excluding carboxylic acids is 1. The number of nitrogens with one attached hydrogen (secondary N) is 1. The molecule has 9 heteroatoms. The molecule has 3 rings (SSSR count). The Hall–Kier alpha value is -2.65. The lowest BCUT2D eigenvalue weighted by molar-refractivity contribution is -0.113. The Bertz CT molecular complexity index is 963. The van der Waals surface area contributed by atoms with Gasteiger partial charge in [-0.3, -0.25) is 14.2 Å². The van der Waals surface area contributed by atoms with E-state index in [4.69, 9.17) is 0 Å². The van der Waals surface area contributed by atoms with Crippen molar-refractivity contribution < 1.29 is 9.90 Å². The van der Waals surface area contributed by atoms with Crippen molar-refractivity contribution in [3.05, 3.63) is 53.3 Å². The number of hydrogen-bond acceptors (Lipinski definition) is 7. The standard InChI is InChI=1S/C16H14N4O3S2/c1-2-7-20-14(23)8-12(21)19-16(20)24-9-13(22)18-15-17-10-5-3-4-6-11(10)25-15/h2-6,8,21H,1,7,9H2,(H,17,18,22). The molecule has 0 atom stereocenters. The first-order valence-corrected chi connectivity index (χ1v) is 9.07. The first-order valence-electron chi connectivity index (χ1n) is 7.27. The summed E-state index contributed by atoms with van der Waals surface area (Å²) in [6, 6.07) is 8.63. The molecule has 2 heterocycles. The van der Waals surface area contributed by atoms with Crippen molar-refractivity contribution in [2.24, 2.45) is 0 Å². The predicted octanol–water partition coefficient (Wildman–Crippen LogP) is 2.48. The fourth-order valence-electron chi connectivity index (χ4n) is 2.09. The van der Waals surface area contributed by atoms with Crippen LogP contribution in [0.2, 0.25) is 0 Å². The van der Waals surface area contributed by atoms with Crippen LogP contribution in [0.15, 0.2) is 52.9 Å². The van der Waals surface area contributed by atoms with E-state index >= 15 is 0 Å². The number of amides is 1. The SMILES string of the molecule is C=CCn1c(SCC(=O)Nc2nc3ccccc3s2)nc(O)cc1=O. The Labute approximate surface area is 151 Å². The quantitative estimate of drug-likeness (QED) is 0.391. The third kappa shape index (κ3) is 4.06. The molecule has 0 spiro atoms. The molecular formula is C16H14N4O3S2. The van der Waals surface area contributed by atoms with E-state index in [1.54, 1.807) is 6.08 Å². The Morgan fingerprint density at radius 1 is 1.40 bits per heavy atom. The van der Waals surface area contributed by atoms with E-state index in [0.717, 1.165) is 28.0 Å². The zero-order valence-corrected chi connectivity index (χ0v) is 14.6. The third-order valence-corrected chi connectivity index (χ3v) is 5.07. The lowest BCUT2D eigenvalue weighted by Gasteiger charge is -2.09. The molecular weight excluding hydrogens is 360 g/mol. The number of rotatable bonds is 6. The highest BCUT2D eigenvalue weighted by Crippen LogP contribution is 2.25. The van der Waals surface area contributed by atoms with Gasteiger partial charge in [0.2, 0.25) is 11.8 Å². The highest BCUT2D eigenvalue weighted by atomic mass is 32.2. The van der Waals surface area contributed by atoms with Gasteiger partial charge in [-0.25, -0.2) is 4.98 Å². The van der Waals surface area contributed by atoms with Crippen LogP contribution in [0.25, 0.3) is 10.2 Å². The van der Waals surface area contributed by atoms with Crippen molar-refractivity contribution in [3.63, 3.8) is 0 Å². The summed E-state index contributed by atoms with van der Waals surface area (Å²) in [4.78, 5) is 32.3. The zero-order chi connectivity index (χ0) is 17.8. The Kier molecular flexibility index (Phi) is 5.15. The van der Waals surface area contributed by atoms with Crippen LogP contribution < -0.4 is 10.9 Å². The van der Waals surface area contributed by atoms with Crippen LogP contribution in [0.1, 0.15) is 0 Å². The molecule has 128 valence electrons. The molecule has 0 aliphatic carbocycles. The summed E-state index contributed by atoms with van der Waals surface area (Å²) < 4.78 is 2.32. The molecule has 0 fully saturated rings. The van der Waals surface area contributed by atoms with Gasteiger partial charge in [0.15, 0.2) is 10.3 Å². The summed E-state index contributed by atoms with van der Waals surface area (Å²) >= 11 is 2.45. The number of para-hydroxylation sites is 1. The second-order valence-electron chi connectivity index (χ2n) is 4.96. The molecule has 0 bridgehead atoms. The number of thiazole rings is 1. The fraction of sp³-hybridized carbons (Fsp3) is 0.125. The van der Waals surface area contributed by atoms with E-state index in [-0.39, 0.29) is 29.2 Å². The number of anilines is 1. The van der Waals surface area contributed by atoms with Crippen LogP contribution in [0.4, 0.5) is 5.13 Å². The molecule has 2 aromatic heterocycles. The van der Waals surface area contributed by atoms with Gasteiger partial charge in [0, 0.05) is 6.54 Å². The van der Waals surface area contributed by atoms with Gasteiger partial charge >= 0.3 is 0 Å². The molecule has 0 saturated carbocycles. The lowest BCUT2D eigenvalue weighted by atomic mass is 10.3. The minimum atomic E-state index is -0.401. The highest BCUT2D eigenvalue weighted by molar-refractivity contribution is 7.99. The van der Waals surface area contributed by atoms with Crippen LogP contribution in [0.5, 0.6) is 5.88 Å². The molecule has 0 unspecified atom stereocenters. The number of fused-ring (bicyclic) bond motifs is 1. The molecule has 0 radical (unpaired) electrons. The number of thioether (sulfide) groups is 1. The normalized spacial score (nSPS) is 10.7. The largest absolute Gasteiger partial charge is 0.493 e. The molecule has 3 aromatic rings. The summed E-state index contributed by atoms with van der Waals surface area (Å²) in [6.45, 7) is 3.83. The summed E-state index contributed by atoms with van der Waals surface area (Å²) in [5.74, 6) is -0.616. The van der Waals surface area contributed by atoms with Crippen LogP contribution in [0.3, 0.4) is 0 Å². The van der Waals surface area contributed by atoms with Gasteiger partial charge in [-0.15, -0.1) is 6.58 Å². The Balaban J connectivity index is 1.70. The van der Waals surface area contributed by atoms with E-state index < -0.39 is 5.56 Å². The monoisotopic (exact) mass is 374 g/mol. The molecule has 0 saturated heterocycles. The van der Waals surface area contributed by atoms with Gasteiger partial charge in [0.1, 0.15) is 0 Å². The summed E-state index contributed by atoms with van der Waals surface area (Å²) in [6.07, 6.45) is 1.55. The summed E-state index contributed by atoms with van der Waals surface area (Å²) in [5, 5.41) is 13.0. The molecule has 0 aliphatic heterocycles. The predicted molar refractivity (Wildman–Crippen MR) is 99.3 cm³/mol. The average Bonchev–Trinajstić information content (AvgIpc) is 2.97. The van der Waals surface area contributed by atoms with E-state index in [0.29, 0.717) is 5.13 Å². The molecule has 2 N–H and O–H groups in total. The minimum Gasteiger partial charge on any atom is -0.493 e. The number of aromatic hydroxyl groups is 1. The van der Waals surface area contributed by atoms with Gasteiger partial charge < -0.3 is 10.4 Å². The van der Waals surface area contributed by atoms with Crippen LogP contribution in [-0.2, 0) is 11.3 Å². The van der Waals surface area contributed by atoms with Crippen molar-refractivity contribution in [1.82, 2.24) is 14.5 Å². The Morgan fingerprint density at radius 2 is 2.20 bits per heavy atom. The van der Waals surface area contributed by atoms with Crippen LogP contribution >= 0.6 is 23.1 Å². The zero-order valence-electron chi connectivity index (χ0n) is 13.0. The molecule has 25 heavy (non-hydrogen) atoms. The number of hydrogen-bond donors (Lipinski definition) is 2. The molecule has 1 aromatic carbocycles. The average molecular weight is 374 g/mol. The van der Waals surface area contributed by atoms with Crippen molar-refractivity contribution in [3.8, 4) is 5.88 Å². The first-order chi connectivity index (χ1) is 12.1. The Morgan fingerprint density at radius 3 is 2.96 bits per heavy atom. The first kappa shape index (κ1) is 17.2. The van der Waals surface area contributed by atoms with Gasteiger partial charge in [0.05, 0.1) is 22.0 Å². The second-order valence-corrected chi connectivity index (χ2v) is 6.93. The number of aromatic nitrogens is 3. The lowest BCUT2D eigenvalue weighted by Crippen LogP contribution is -2.22. The summed E-state index contributed by atoms with van der Waals surface area (Å²) in [5.41, 5.74) is 0.423. The third-order valence-electron chi connectivity index (χ3n) is 3.14. The van der Waals surface area contributed by atoms with Crippen molar-refractivity contribution >= 4 is 44.4 Å². The van der Waals surface area contributed by atoms with Crippen LogP contribution in [-0.4, -0.2) is 31.3 Å². The van der Waals surface area contributed by atoms with Gasteiger partial charge in [-0.05, 0) is 12.1 Å². The molecule has 7 nitrogen and oxygen atoms in total. The maximum absolute atomic E-state index is 12.1. The van der Waals surface area contributed by atoms with E-state index in [1.807, 2.05) is 24.3 Å². The topological polar surface area (TPSA) is 97.1 Å². The van der Waals surface area contributed by atoms with E-state index in [2.05, 4.69) is 21.9 Å². The van der Waals surface area contributed by atoms with Crippen molar-refractivity contribution in [1.29, 1.82) is 0 Å². The van der Waals surface area contributed by atoms with Gasteiger partial charge in [-0.1, -0.05) is 41.3 Å². The van der Waals surface area contributed by atoms with Crippen molar-refractivity contribution in [2.75, 3.05) is 11.1 Å². The maximum atomic E-state index is 12.1. The van der Waals surface area contributed by atoms with E-state index in [1.165, 1.54) is 15.9 Å². The number of carbonyl (C=O) groups is 1. The van der Waals surface area contributed by atoms with Gasteiger partial charge in [-0.2, -0.15) is 4.98 Å². The smallest absolute Gasteiger partial charge is 0.258 e.